The highest BCUT2D eigenvalue weighted by molar-refractivity contribution is 5.24. The summed E-state index contributed by atoms with van der Waals surface area (Å²) in [4.78, 5) is 0. The molecule has 2 aliphatic rings. The summed E-state index contributed by atoms with van der Waals surface area (Å²) in [7, 11) is 0. The summed E-state index contributed by atoms with van der Waals surface area (Å²) in [5.41, 5.74) is -0.657. The maximum atomic E-state index is 13.4. The molecule has 1 aromatic rings. The molecule has 4 heteroatoms. The van der Waals surface area contributed by atoms with Crippen molar-refractivity contribution in [3.63, 3.8) is 0 Å². The van der Waals surface area contributed by atoms with E-state index in [1.807, 2.05) is 0 Å². The van der Waals surface area contributed by atoms with Gasteiger partial charge in [0.1, 0.15) is 6.10 Å². The van der Waals surface area contributed by atoms with Crippen LogP contribution in [0.15, 0.2) is 24.3 Å². The minimum Gasteiger partial charge on any atom is -0.487 e. The van der Waals surface area contributed by atoms with Crippen molar-refractivity contribution in [1.29, 1.82) is 0 Å². The van der Waals surface area contributed by atoms with Gasteiger partial charge in [-0.3, -0.25) is 0 Å². The summed E-state index contributed by atoms with van der Waals surface area (Å²) in [5, 5.41) is 13.5. The predicted octanol–water partition coefficient (Wildman–Crippen LogP) is 1.32. The number of rotatable bonds is 2. The van der Waals surface area contributed by atoms with Crippen molar-refractivity contribution in [2.24, 2.45) is 5.92 Å². The monoisotopic (exact) mass is 237 g/mol. The standard InChI is InChI=1S/C13H16FNO2/c14-11-3-1-2-4-12(11)17-10-5-9-7-15-8-13(9,16)6-10/h1-4,9-10,15-16H,5-8H2/t9-,10+,13-/m1/s1. The quantitative estimate of drug-likeness (QED) is 0.815. The summed E-state index contributed by atoms with van der Waals surface area (Å²) in [6.45, 7) is 1.45. The van der Waals surface area contributed by atoms with Gasteiger partial charge in [-0.15, -0.1) is 0 Å². The van der Waals surface area contributed by atoms with Gasteiger partial charge in [0, 0.05) is 25.4 Å². The molecule has 92 valence electrons. The van der Waals surface area contributed by atoms with Gasteiger partial charge in [-0.05, 0) is 18.6 Å². The number of halogens is 1. The number of benzene rings is 1. The van der Waals surface area contributed by atoms with Crippen LogP contribution >= 0.6 is 0 Å². The van der Waals surface area contributed by atoms with Crippen LogP contribution in [0.4, 0.5) is 4.39 Å². The smallest absolute Gasteiger partial charge is 0.165 e. The fourth-order valence-corrected chi connectivity index (χ4v) is 2.94. The van der Waals surface area contributed by atoms with Gasteiger partial charge < -0.3 is 15.2 Å². The van der Waals surface area contributed by atoms with Gasteiger partial charge >= 0.3 is 0 Å². The zero-order chi connectivity index (χ0) is 11.9. The number of fused-ring (bicyclic) bond motifs is 1. The Labute approximate surface area is 99.6 Å². The fraction of sp³-hybridized carbons (Fsp3) is 0.538. The Hall–Kier alpha value is -1.13. The van der Waals surface area contributed by atoms with Gasteiger partial charge in [-0.1, -0.05) is 12.1 Å². The van der Waals surface area contributed by atoms with Gasteiger partial charge in [0.15, 0.2) is 11.6 Å². The Kier molecular flexibility index (Phi) is 2.56. The summed E-state index contributed by atoms with van der Waals surface area (Å²) in [6.07, 6.45) is 1.29. The molecule has 0 amide bonds. The Bertz CT molecular complexity index is 426. The van der Waals surface area contributed by atoms with E-state index in [-0.39, 0.29) is 23.6 Å². The number of ether oxygens (including phenoxy) is 1. The minimum absolute atomic E-state index is 0.0796. The van der Waals surface area contributed by atoms with E-state index in [0.29, 0.717) is 13.0 Å². The number of hydrogen-bond donors (Lipinski definition) is 2. The van der Waals surface area contributed by atoms with Crippen LogP contribution in [0.3, 0.4) is 0 Å². The SMILES string of the molecule is O[C@]12CNC[C@H]1C[C@H](Oc1ccccc1F)C2. The first-order valence-corrected chi connectivity index (χ1v) is 6.02. The molecule has 2 fully saturated rings. The third kappa shape index (κ3) is 1.91. The highest BCUT2D eigenvalue weighted by atomic mass is 19.1. The number of para-hydroxylation sites is 1. The Balaban J connectivity index is 1.71. The Morgan fingerprint density at radius 1 is 1.41 bits per heavy atom. The van der Waals surface area contributed by atoms with Gasteiger partial charge in [0.05, 0.1) is 5.60 Å². The maximum absolute atomic E-state index is 13.4. The van der Waals surface area contributed by atoms with E-state index in [2.05, 4.69) is 5.32 Å². The normalized spacial score (nSPS) is 35.9. The van der Waals surface area contributed by atoms with Gasteiger partial charge in [0.25, 0.3) is 0 Å². The average molecular weight is 237 g/mol. The van der Waals surface area contributed by atoms with Crippen molar-refractivity contribution in [1.82, 2.24) is 5.32 Å². The van der Waals surface area contributed by atoms with Crippen LogP contribution in [0.5, 0.6) is 5.75 Å². The molecule has 0 radical (unpaired) electrons. The molecule has 3 atom stereocenters. The van der Waals surface area contributed by atoms with E-state index >= 15 is 0 Å². The minimum atomic E-state index is -0.657. The molecule has 0 aromatic heterocycles. The van der Waals surface area contributed by atoms with E-state index < -0.39 is 5.60 Å². The Morgan fingerprint density at radius 3 is 3.00 bits per heavy atom. The second-order valence-corrected chi connectivity index (χ2v) is 5.04. The number of aliphatic hydroxyl groups is 1. The molecule has 1 saturated carbocycles. The molecule has 3 rings (SSSR count). The van der Waals surface area contributed by atoms with Crippen LogP contribution < -0.4 is 10.1 Å². The van der Waals surface area contributed by atoms with Crippen LogP contribution in [-0.2, 0) is 0 Å². The third-order valence-corrected chi connectivity index (χ3v) is 3.84. The predicted molar refractivity (Wildman–Crippen MR) is 61.4 cm³/mol. The topological polar surface area (TPSA) is 41.5 Å². The van der Waals surface area contributed by atoms with Gasteiger partial charge in [-0.25, -0.2) is 4.39 Å². The lowest BCUT2D eigenvalue weighted by molar-refractivity contribution is 0.0301. The fourth-order valence-electron chi connectivity index (χ4n) is 2.94. The van der Waals surface area contributed by atoms with Crippen LogP contribution in [-0.4, -0.2) is 29.9 Å². The molecule has 1 aliphatic carbocycles. The van der Waals surface area contributed by atoms with Crippen molar-refractivity contribution in [3.8, 4) is 5.75 Å². The van der Waals surface area contributed by atoms with E-state index in [0.717, 1.165) is 13.0 Å². The largest absolute Gasteiger partial charge is 0.487 e. The van der Waals surface area contributed by atoms with Crippen molar-refractivity contribution in [3.05, 3.63) is 30.1 Å². The van der Waals surface area contributed by atoms with E-state index in [9.17, 15) is 9.50 Å². The lowest BCUT2D eigenvalue weighted by atomic mass is 9.95. The van der Waals surface area contributed by atoms with Crippen molar-refractivity contribution in [2.45, 2.75) is 24.5 Å². The molecule has 0 spiro atoms. The lowest BCUT2D eigenvalue weighted by Crippen LogP contribution is -2.34. The van der Waals surface area contributed by atoms with Gasteiger partial charge in [0.2, 0.25) is 0 Å². The lowest BCUT2D eigenvalue weighted by Gasteiger charge is -2.20. The summed E-state index contributed by atoms with van der Waals surface area (Å²) in [5.74, 6) is 0.183. The molecule has 0 unspecified atom stereocenters. The molecule has 1 heterocycles. The molecule has 3 nitrogen and oxygen atoms in total. The second-order valence-electron chi connectivity index (χ2n) is 5.04. The number of hydrogen-bond acceptors (Lipinski definition) is 3. The van der Waals surface area contributed by atoms with Crippen LogP contribution in [0.1, 0.15) is 12.8 Å². The van der Waals surface area contributed by atoms with E-state index in [1.165, 1.54) is 6.07 Å². The molecular formula is C13H16FNO2. The Morgan fingerprint density at radius 2 is 2.24 bits per heavy atom. The second kappa shape index (κ2) is 3.96. The van der Waals surface area contributed by atoms with Crippen LogP contribution in [0.2, 0.25) is 0 Å². The van der Waals surface area contributed by atoms with Crippen molar-refractivity contribution in [2.75, 3.05) is 13.1 Å². The number of β-amino-alcohol motifs (C(OH)–C–C–N with tert-alkyl or cyclic N) is 1. The van der Waals surface area contributed by atoms with Crippen LogP contribution in [0, 0.1) is 11.7 Å². The number of nitrogens with one attached hydrogen (secondary N) is 1. The van der Waals surface area contributed by atoms with Crippen molar-refractivity contribution >= 4 is 0 Å². The highest BCUT2D eigenvalue weighted by Gasteiger charge is 2.49. The highest BCUT2D eigenvalue weighted by Crippen LogP contribution is 2.40. The van der Waals surface area contributed by atoms with Crippen molar-refractivity contribution < 1.29 is 14.2 Å². The first kappa shape index (κ1) is 11.0. The van der Waals surface area contributed by atoms with E-state index in [4.69, 9.17) is 4.74 Å². The summed E-state index contributed by atoms with van der Waals surface area (Å²) >= 11 is 0. The third-order valence-electron chi connectivity index (χ3n) is 3.84. The molecule has 1 aliphatic heterocycles. The first-order valence-electron chi connectivity index (χ1n) is 6.02. The summed E-state index contributed by atoms with van der Waals surface area (Å²) in [6, 6.07) is 6.42. The zero-order valence-electron chi connectivity index (χ0n) is 9.53. The zero-order valence-corrected chi connectivity index (χ0v) is 9.53. The van der Waals surface area contributed by atoms with Gasteiger partial charge in [-0.2, -0.15) is 0 Å². The molecule has 1 saturated heterocycles. The van der Waals surface area contributed by atoms with Crippen LogP contribution in [0.25, 0.3) is 0 Å². The molecule has 0 bridgehead atoms. The molecule has 2 N–H and O–H groups in total. The molecule has 1 aromatic carbocycles. The summed E-state index contributed by atoms with van der Waals surface area (Å²) < 4.78 is 19.1. The molecular weight excluding hydrogens is 221 g/mol. The maximum Gasteiger partial charge on any atom is 0.165 e. The first-order chi connectivity index (χ1) is 8.17. The van der Waals surface area contributed by atoms with E-state index in [1.54, 1.807) is 18.2 Å². The molecule has 17 heavy (non-hydrogen) atoms. The average Bonchev–Trinajstić information content (AvgIpc) is 2.76.